The first-order chi connectivity index (χ1) is 13.6. The van der Waals surface area contributed by atoms with E-state index in [9.17, 15) is 4.79 Å². The maximum absolute atomic E-state index is 12.0. The second-order valence-corrected chi connectivity index (χ2v) is 6.78. The molecule has 0 bridgehead atoms. The summed E-state index contributed by atoms with van der Waals surface area (Å²) in [5.41, 5.74) is 1.07. The summed E-state index contributed by atoms with van der Waals surface area (Å²) in [7, 11) is 1.30. The van der Waals surface area contributed by atoms with Crippen LogP contribution in [0.15, 0.2) is 51.1 Å². The summed E-state index contributed by atoms with van der Waals surface area (Å²) in [6, 6.07) is 7.60. The van der Waals surface area contributed by atoms with Crippen LogP contribution in [-0.4, -0.2) is 38.2 Å². The van der Waals surface area contributed by atoms with E-state index in [-0.39, 0.29) is 5.69 Å². The van der Waals surface area contributed by atoms with E-state index in [1.165, 1.54) is 24.9 Å². The smallest absolute Gasteiger partial charge is 0.356 e. The molecule has 28 heavy (non-hydrogen) atoms. The van der Waals surface area contributed by atoms with Gasteiger partial charge in [-0.25, -0.2) is 19.7 Å². The Bertz CT molecular complexity index is 1140. The number of carbonyl (C=O) groups excluding carboxylic acids is 1. The first kappa shape index (κ1) is 18.0. The van der Waals surface area contributed by atoms with Crippen LogP contribution in [0.5, 0.6) is 0 Å². The van der Waals surface area contributed by atoms with Crippen molar-refractivity contribution in [3.63, 3.8) is 0 Å². The molecule has 0 spiro atoms. The van der Waals surface area contributed by atoms with Gasteiger partial charge in [-0.1, -0.05) is 6.92 Å². The van der Waals surface area contributed by atoms with E-state index >= 15 is 0 Å². The number of rotatable bonds is 6. The predicted octanol–water partition coefficient (Wildman–Crippen LogP) is 3.58. The maximum Gasteiger partial charge on any atom is 0.356 e. The normalized spacial score (nSPS) is 10.9. The molecule has 0 saturated heterocycles. The highest BCUT2D eigenvalue weighted by molar-refractivity contribution is 7.99. The van der Waals surface area contributed by atoms with Gasteiger partial charge >= 0.3 is 5.97 Å². The van der Waals surface area contributed by atoms with Crippen molar-refractivity contribution in [1.82, 2.24) is 25.1 Å². The molecule has 0 atom stereocenters. The van der Waals surface area contributed by atoms with Crippen LogP contribution in [0.2, 0.25) is 0 Å². The first-order valence-corrected chi connectivity index (χ1v) is 9.26. The number of hydrogen-bond donors (Lipinski definition) is 2. The third kappa shape index (κ3) is 3.81. The molecule has 9 nitrogen and oxygen atoms in total. The number of methoxy groups -OCH3 is 1. The van der Waals surface area contributed by atoms with Crippen LogP contribution in [0.25, 0.3) is 10.9 Å². The van der Waals surface area contributed by atoms with Crippen molar-refractivity contribution >= 4 is 40.5 Å². The van der Waals surface area contributed by atoms with Crippen LogP contribution in [0.1, 0.15) is 23.2 Å². The molecule has 0 fully saturated rings. The van der Waals surface area contributed by atoms with Gasteiger partial charge in [-0.3, -0.25) is 10.4 Å². The van der Waals surface area contributed by atoms with E-state index in [1.807, 2.05) is 25.1 Å². The fourth-order valence-electron chi connectivity index (χ4n) is 2.47. The minimum Gasteiger partial charge on any atom is -0.464 e. The molecule has 0 amide bonds. The van der Waals surface area contributed by atoms with Gasteiger partial charge in [0.15, 0.2) is 10.9 Å². The molecule has 0 unspecified atom stereocenters. The van der Waals surface area contributed by atoms with E-state index in [2.05, 4.69) is 30.5 Å². The molecular formula is C18H16N6O3S. The zero-order valence-corrected chi connectivity index (χ0v) is 15.9. The van der Waals surface area contributed by atoms with Gasteiger partial charge in [0.2, 0.25) is 0 Å². The van der Waals surface area contributed by atoms with Gasteiger partial charge in [0.1, 0.15) is 11.6 Å². The van der Waals surface area contributed by atoms with Gasteiger partial charge in [-0.2, -0.15) is 5.10 Å². The van der Waals surface area contributed by atoms with Crippen molar-refractivity contribution in [1.29, 1.82) is 0 Å². The molecule has 0 aliphatic rings. The third-order valence-corrected chi connectivity index (χ3v) is 4.71. The second-order valence-electron chi connectivity index (χ2n) is 5.74. The summed E-state index contributed by atoms with van der Waals surface area (Å²) >= 11 is 1.32. The van der Waals surface area contributed by atoms with Gasteiger partial charge in [-0.05, 0) is 30.0 Å². The quantitative estimate of drug-likeness (QED) is 0.372. The van der Waals surface area contributed by atoms with Gasteiger partial charge in [0.05, 0.1) is 25.0 Å². The summed E-state index contributed by atoms with van der Waals surface area (Å²) in [6.07, 6.45) is 4.11. The van der Waals surface area contributed by atoms with Crippen molar-refractivity contribution in [3.8, 4) is 0 Å². The zero-order chi connectivity index (χ0) is 19.5. The molecule has 0 saturated carbocycles. The number of aryl methyl sites for hydroxylation is 1. The lowest BCUT2D eigenvalue weighted by molar-refractivity contribution is 0.0593. The number of oxazole rings is 1. The minimum atomic E-state index is -0.556. The Morgan fingerprint density at radius 1 is 1.29 bits per heavy atom. The van der Waals surface area contributed by atoms with Crippen LogP contribution in [0, 0.1) is 0 Å². The number of nitrogens with one attached hydrogen (secondary N) is 2. The van der Waals surface area contributed by atoms with E-state index in [0.29, 0.717) is 17.0 Å². The lowest BCUT2D eigenvalue weighted by atomic mass is 10.3. The Morgan fingerprint density at radius 2 is 2.18 bits per heavy atom. The van der Waals surface area contributed by atoms with Crippen molar-refractivity contribution in [2.24, 2.45) is 0 Å². The van der Waals surface area contributed by atoms with E-state index in [4.69, 9.17) is 9.15 Å². The standard InChI is InChI=1S/C18H16N6O3S/c1-3-11-9-19-17(27-11)22-15-7-14(16(25)26-2)21-18(23-15)28-12-4-5-13-10(6-12)8-20-24-13/h4-9H,3H2,1-2H3,(H,20,24)(H,19,21,22,23). The zero-order valence-electron chi connectivity index (χ0n) is 15.1. The molecule has 3 aromatic heterocycles. The highest BCUT2D eigenvalue weighted by atomic mass is 32.2. The average Bonchev–Trinajstić information content (AvgIpc) is 3.35. The molecule has 3 heterocycles. The van der Waals surface area contributed by atoms with Crippen LogP contribution < -0.4 is 5.32 Å². The number of esters is 1. The molecule has 2 N–H and O–H groups in total. The molecule has 142 valence electrons. The molecule has 0 aliphatic carbocycles. The van der Waals surface area contributed by atoms with Crippen LogP contribution in [0.3, 0.4) is 0 Å². The number of ether oxygens (including phenoxy) is 1. The lowest BCUT2D eigenvalue weighted by Crippen LogP contribution is -2.08. The number of nitrogens with zero attached hydrogens (tertiary/aromatic N) is 4. The van der Waals surface area contributed by atoms with E-state index in [1.54, 1.807) is 12.4 Å². The highest BCUT2D eigenvalue weighted by Gasteiger charge is 2.15. The molecule has 10 heteroatoms. The van der Waals surface area contributed by atoms with Crippen LogP contribution in [-0.2, 0) is 11.2 Å². The SMILES string of the molecule is CCc1cnc(Nc2cc(C(=O)OC)nc(Sc3ccc4[nH]ncc4c3)n2)o1. The number of benzene rings is 1. The van der Waals surface area contributed by atoms with Gasteiger partial charge in [0.25, 0.3) is 6.01 Å². The summed E-state index contributed by atoms with van der Waals surface area (Å²) in [4.78, 5) is 25.8. The summed E-state index contributed by atoms with van der Waals surface area (Å²) in [5.74, 6) is 0.568. The number of aromatic nitrogens is 5. The molecule has 0 radical (unpaired) electrons. The summed E-state index contributed by atoms with van der Waals surface area (Å²) in [6.45, 7) is 1.97. The monoisotopic (exact) mass is 396 g/mol. The van der Waals surface area contributed by atoms with Gasteiger partial charge in [-0.15, -0.1) is 0 Å². The molecule has 4 aromatic rings. The fraction of sp³-hybridized carbons (Fsp3) is 0.167. The number of anilines is 2. The van der Waals surface area contributed by atoms with Crippen molar-refractivity contribution in [2.75, 3.05) is 12.4 Å². The third-order valence-electron chi connectivity index (χ3n) is 3.86. The average molecular weight is 396 g/mol. The van der Waals surface area contributed by atoms with Crippen LogP contribution >= 0.6 is 11.8 Å². The van der Waals surface area contributed by atoms with E-state index < -0.39 is 5.97 Å². The van der Waals surface area contributed by atoms with Crippen molar-refractivity contribution in [2.45, 2.75) is 23.4 Å². The largest absolute Gasteiger partial charge is 0.464 e. The van der Waals surface area contributed by atoms with Crippen molar-refractivity contribution < 1.29 is 13.9 Å². The minimum absolute atomic E-state index is 0.133. The predicted molar refractivity (Wildman–Crippen MR) is 103 cm³/mol. The number of fused-ring (bicyclic) bond motifs is 1. The Hall–Kier alpha value is -3.40. The number of H-pyrrole nitrogens is 1. The Balaban J connectivity index is 1.65. The number of hydrogen-bond acceptors (Lipinski definition) is 9. The molecule has 0 aliphatic heterocycles. The van der Waals surface area contributed by atoms with E-state index in [0.717, 1.165) is 28.0 Å². The molecule has 4 rings (SSSR count). The Morgan fingerprint density at radius 3 is 2.96 bits per heavy atom. The first-order valence-electron chi connectivity index (χ1n) is 8.44. The van der Waals surface area contributed by atoms with Crippen LogP contribution in [0.4, 0.5) is 11.8 Å². The second kappa shape index (κ2) is 7.69. The number of carbonyl (C=O) groups is 1. The summed E-state index contributed by atoms with van der Waals surface area (Å²) in [5, 5.41) is 11.2. The fourth-order valence-corrected chi connectivity index (χ4v) is 3.29. The molecular weight excluding hydrogens is 380 g/mol. The topological polar surface area (TPSA) is 119 Å². The van der Waals surface area contributed by atoms with Gasteiger partial charge in [0, 0.05) is 22.8 Å². The lowest BCUT2D eigenvalue weighted by Gasteiger charge is -2.07. The van der Waals surface area contributed by atoms with Crippen molar-refractivity contribution in [3.05, 3.63) is 48.1 Å². The highest BCUT2D eigenvalue weighted by Crippen LogP contribution is 2.29. The summed E-state index contributed by atoms with van der Waals surface area (Å²) < 4.78 is 10.3. The van der Waals surface area contributed by atoms with Gasteiger partial charge < -0.3 is 9.15 Å². The number of aromatic amines is 1. The Kier molecular flexibility index (Phi) is 4.94. The maximum atomic E-state index is 12.0. The molecule has 1 aromatic carbocycles. The Labute approximate surface area is 163 Å².